The quantitative estimate of drug-likeness (QED) is 0.159. The number of hydrogen-bond donors (Lipinski definition) is 0. The fraction of sp³-hybridized carbons (Fsp3) is 0.0154. The van der Waals surface area contributed by atoms with Crippen molar-refractivity contribution >= 4 is 66.8 Å². The Morgan fingerprint density at radius 3 is 1.49 bits per heavy atom. The molecule has 11 aromatic carbocycles. The fourth-order valence-corrected chi connectivity index (χ4v) is 11.7. The van der Waals surface area contributed by atoms with E-state index in [1.54, 1.807) is 0 Å². The van der Waals surface area contributed by atoms with Crippen molar-refractivity contribution in [2.75, 3.05) is 9.80 Å². The first kappa shape index (κ1) is 38.4. The van der Waals surface area contributed by atoms with Crippen molar-refractivity contribution < 1.29 is 4.42 Å². The number of fused-ring (bicyclic) bond motifs is 14. The average molecular weight is 867 g/mol. The van der Waals surface area contributed by atoms with Crippen LogP contribution in [0.5, 0.6) is 0 Å². The molecule has 68 heavy (non-hydrogen) atoms. The van der Waals surface area contributed by atoms with Gasteiger partial charge in [-0.1, -0.05) is 188 Å². The standard InChI is InChI=1S/C65H42N2O/c1-4-19-43(20-5-1)50-38-35-44-21-10-11-26-49(44)64(50)67(46-24-8-3-9-25-46)48-37-40-54-52-28-13-16-31-57(52)65(59(54)42-48)56-30-15-12-27-51(56)53-39-36-47(41-58(53)65)66(45-22-6-2-7-23-45)60-32-18-34-62-63(60)55-29-14-17-33-61(55)68-62/h1-42H. The minimum Gasteiger partial charge on any atom is -0.456 e. The molecule has 3 nitrogen and oxygen atoms in total. The van der Waals surface area contributed by atoms with E-state index in [1.165, 1.54) is 66.4 Å². The predicted molar refractivity (Wildman–Crippen MR) is 282 cm³/mol. The molecule has 1 heterocycles. The van der Waals surface area contributed by atoms with Crippen molar-refractivity contribution in [3.05, 3.63) is 277 Å². The maximum Gasteiger partial charge on any atom is 0.137 e. The second kappa shape index (κ2) is 15.1. The lowest BCUT2D eigenvalue weighted by Gasteiger charge is -2.34. The minimum atomic E-state index is -0.621. The summed E-state index contributed by atoms with van der Waals surface area (Å²) in [5.74, 6) is 0. The van der Waals surface area contributed by atoms with Gasteiger partial charge >= 0.3 is 0 Å². The van der Waals surface area contributed by atoms with Crippen LogP contribution in [0.25, 0.3) is 66.1 Å². The predicted octanol–water partition coefficient (Wildman–Crippen LogP) is 17.7. The molecule has 0 amide bonds. The van der Waals surface area contributed by atoms with E-state index in [4.69, 9.17) is 4.42 Å². The first-order valence-electron chi connectivity index (χ1n) is 23.4. The van der Waals surface area contributed by atoms with E-state index in [2.05, 4.69) is 259 Å². The van der Waals surface area contributed by atoms with Gasteiger partial charge in [0.15, 0.2) is 0 Å². The largest absolute Gasteiger partial charge is 0.456 e. The maximum absolute atomic E-state index is 6.51. The molecular weight excluding hydrogens is 825 g/mol. The van der Waals surface area contributed by atoms with Crippen LogP contribution in [0.2, 0.25) is 0 Å². The Balaban J connectivity index is 1.05. The van der Waals surface area contributed by atoms with Gasteiger partial charge in [0.25, 0.3) is 0 Å². The number of furan rings is 1. The average Bonchev–Trinajstić information content (AvgIpc) is 4.04. The van der Waals surface area contributed by atoms with Gasteiger partial charge in [-0.05, 0) is 122 Å². The zero-order chi connectivity index (χ0) is 44.8. The number of anilines is 6. The van der Waals surface area contributed by atoms with Gasteiger partial charge in [-0.25, -0.2) is 0 Å². The van der Waals surface area contributed by atoms with Gasteiger partial charge in [0.05, 0.1) is 22.2 Å². The highest BCUT2D eigenvalue weighted by Crippen LogP contribution is 2.64. The Hall–Kier alpha value is -8.92. The second-order valence-corrected chi connectivity index (χ2v) is 17.9. The monoisotopic (exact) mass is 866 g/mol. The van der Waals surface area contributed by atoms with E-state index in [9.17, 15) is 0 Å². The van der Waals surface area contributed by atoms with Crippen LogP contribution in [-0.2, 0) is 5.41 Å². The van der Waals surface area contributed by atoms with E-state index >= 15 is 0 Å². The highest BCUT2D eigenvalue weighted by molar-refractivity contribution is 6.13. The van der Waals surface area contributed by atoms with Crippen molar-refractivity contribution in [3.63, 3.8) is 0 Å². The Morgan fingerprint density at radius 1 is 0.309 bits per heavy atom. The molecule has 0 saturated carbocycles. The van der Waals surface area contributed by atoms with Crippen LogP contribution < -0.4 is 9.80 Å². The Labute approximate surface area is 395 Å². The molecule has 318 valence electrons. The zero-order valence-electron chi connectivity index (χ0n) is 37.1. The molecule has 12 aromatic rings. The Kier molecular flexibility index (Phi) is 8.50. The van der Waals surface area contributed by atoms with Gasteiger partial charge in [0.1, 0.15) is 11.2 Å². The molecule has 14 rings (SSSR count). The normalized spacial score (nSPS) is 14.2. The van der Waals surface area contributed by atoms with Crippen molar-refractivity contribution in [2.24, 2.45) is 0 Å². The zero-order valence-corrected chi connectivity index (χ0v) is 37.1. The fourth-order valence-electron chi connectivity index (χ4n) is 11.7. The number of hydrogen-bond acceptors (Lipinski definition) is 3. The van der Waals surface area contributed by atoms with Crippen molar-refractivity contribution in [1.29, 1.82) is 0 Å². The summed E-state index contributed by atoms with van der Waals surface area (Å²) in [6.45, 7) is 0. The highest BCUT2D eigenvalue weighted by Gasteiger charge is 2.52. The number of benzene rings is 11. The van der Waals surface area contributed by atoms with Crippen molar-refractivity contribution in [3.8, 4) is 33.4 Å². The summed E-state index contributed by atoms with van der Waals surface area (Å²) in [5, 5.41) is 4.58. The molecule has 0 N–H and O–H groups in total. The molecule has 0 bridgehead atoms. The van der Waals surface area contributed by atoms with Crippen LogP contribution >= 0.6 is 0 Å². The lowest BCUT2D eigenvalue weighted by Crippen LogP contribution is -2.26. The van der Waals surface area contributed by atoms with E-state index < -0.39 is 5.41 Å². The van der Waals surface area contributed by atoms with Gasteiger partial charge in [-0.3, -0.25) is 0 Å². The number of nitrogens with zero attached hydrogens (tertiary/aromatic N) is 2. The molecule has 3 heteroatoms. The molecule has 2 aliphatic carbocycles. The van der Waals surface area contributed by atoms with Crippen LogP contribution in [0.4, 0.5) is 34.1 Å². The van der Waals surface area contributed by atoms with Crippen LogP contribution in [0.1, 0.15) is 22.3 Å². The third kappa shape index (κ3) is 5.54. The molecule has 2 aliphatic rings. The first-order chi connectivity index (χ1) is 33.8. The van der Waals surface area contributed by atoms with Crippen LogP contribution in [0.15, 0.2) is 259 Å². The second-order valence-electron chi connectivity index (χ2n) is 17.9. The summed E-state index contributed by atoms with van der Waals surface area (Å²) in [7, 11) is 0. The lowest BCUT2D eigenvalue weighted by atomic mass is 9.70. The van der Waals surface area contributed by atoms with E-state index in [1.807, 2.05) is 6.07 Å². The van der Waals surface area contributed by atoms with Gasteiger partial charge in [0.2, 0.25) is 0 Å². The van der Waals surface area contributed by atoms with Crippen LogP contribution in [0.3, 0.4) is 0 Å². The third-order valence-corrected chi connectivity index (χ3v) is 14.4. The first-order valence-corrected chi connectivity index (χ1v) is 23.4. The summed E-state index contributed by atoms with van der Waals surface area (Å²) in [4.78, 5) is 4.91. The van der Waals surface area contributed by atoms with Gasteiger partial charge in [-0.2, -0.15) is 0 Å². The maximum atomic E-state index is 6.51. The Morgan fingerprint density at radius 2 is 0.809 bits per heavy atom. The molecule has 1 spiro atoms. The number of para-hydroxylation sites is 3. The van der Waals surface area contributed by atoms with Crippen molar-refractivity contribution in [2.45, 2.75) is 5.41 Å². The summed E-state index contributed by atoms with van der Waals surface area (Å²) >= 11 is 0. The molecule has 1 unspecified atom stereocenters. The Bertz CT molecular complexity index is 3920. The molecule has 0 saturated heterocycles. The highest BCUT2D eigenvalue weighted by atomic mass is 16.3. The summed E-state index contributed by atoms with van der Waals surface area (Å²) in [6.07, 6.45) is 0. The van der Waals surface area contributed by atoms with E-state index in [0.29, 0.717) is 0 Å². The van der Waals surface area contributed by atoms with Crippen LogP contribution in [0, 0.1) is 0 Å². The summed E-state index contributed by atoms with van der Waals surface area (Å²) in [6, 6.07) is 93.2. The molecular formula is C65H42N2O. The summed E-state index contributed by atoms with van der Waals surface area (Å²) in [5.41, 5.74) is 20.2. The molecule has 0 fully saturated rings. The van der Waals surface area contributed by atoms with Gasteiger partial charge in [-0.15, -0.1) is 0 Å². The molecule has 1 aromatic heterocycles. The van der Waals surface area contributed by atoms with Gasteiger partial charge < -0.3 is 14.2 Å². The topological polar surface area (TPSA) is 19.6 Å². The number of rotatable bonds is 7. The van der Waals surface area contributed by atoms with E-state index in [0.717, 1.165) is 56.1 Å². The third-order valence-electron chi connectivity index (χ3n) is 14.4. The minimum absolute atomic E-state index is 0.621. The lowest BCUT2D eigenvalue weighted by molar-refractivity contribution is 0.669. The van der Waals surface area contributed by atoms with Crippen molar-refractivity contribution in [1.82, 2.24) is 0 Å². The molecule has 0 aliphatic heterocycles. The smallest absolute Gasteiger partial charge is 0.137 e. The van der Waals surface area contributed by atoms with E-state index in [-0.39, 0.29) is 0 Å². The van der Waals surface area contributed by atoms with Crippen LogP contribution in [-0.4, -0.2) is 0 Å². The summed E-state index contributed by atoms with van der Waals surface area (Å²) < 4.78 is 6.51. The molecule has 1 atom stereocenters. The molecule has 0 radical (unpaired) electrons. The SMILES string of the molecule is c1ccc(-c2ccc3ccccc3c2N(c2ccccc2)c2ccc3c(c2)C2(c4ccccc4-3)c3ccccc3-c3ccc(N(c4ccccc4)c4cccc5oc6ccccc6c45)cc32)cc1. The van der Waals surface area contributed by atoms with Gasteiger partial charge in [0, 0.05) is 39.1 Å².